The van der Waals surface area contributed by atoms with Crippen LogP contribution in [0.25, 0.3) is 11.5 Å². The van der Waals surface area contributed by atoms with Crippen LogP contribution >= 0.6 is 7.60 Å². The van der Waals surface area contributed by atoms with Crippen LogP contribution in [0, 0.1) is 0 Å². The number of rotatable bonds is 4. The van der Waals surface area contributed by atoms with Gasteiger partial charge >= 0.3 is 7.60 Å². The number of furan rings is 1. The van der Waals surface area contributed by atoms with Gasteiger partial charge in [0.1, 0.15) is 11.5 Å². The predicted molar refractivity (Wildman–Crippen MR) is 61.4 cm³/mol. The van der Waals surface area contributed by atoms with Crippen molar-refractivity contribution in [2.24, 2.45) is 0 Å². The summed E-state index contributed by atoms with van der Waals surface area (Å²) >= 11 is 0. The van der Waals surface area contributed by atoms with Gasteiger partial charge in [-0.3, -0.25) is 4.57 Å². The standard InChI is InChI=1S/C10H12NO5P/c1-14-17(13,15-2)10-8(12)6-7(11-10)9-4-3-5-16-9/h3-6,11-12H,1-2H3. The molecule has 17 heavy (non-hydrogen) atoms. The van der Waals surface area contributed by atoms with Gasteiger partial charge in [-0.1, -0.05) is 0 Å². The molecule has 0 amide bonds. The lowest BCUT2D eigenvalue weighted by molar-refractivity contribution is 0.285. The average Bonchev–Trinajstić information content (AvgIpc) is 2.96. The second kappa shape index (κ2) is 4.41. The van der Waals surface area contributed by atoms with Crippen LogP contribution in [-0.4, -0.2) is 24.3 Å². The van der Waals surface area contributed by atoms with Gasteiger partial charge in [-0.15, -0.1) is 0 Å². The Hall–Kier alpha value is -1.49. The molecule has 6 nitrogen and oxygen atoms in total. The van der Waals surface area contributed by atoms with E-state index in [-0.39, 0.29) is 11.2 Å². The van der Waals surface area contributed by atoms with Gasteiger partial charge in [0.2, 0.25) is 0 Å². The summed E-state index contributed by atoms with van der Waals surface area (Å²) in [6.45, 7) is 0. The maximum absolute atomic E-state index is 12.1. The minimum Gasteiger partial charge on any atom is -0.505 e. The number of hydrogen-bond donors (Lipinski definition) is 2. The monoisotopic (exact) mass is 257 g/mol. The second-order valence-electron chi connectivity index (χ2n) is 3.26. The Bertz CT molecular complexity index is 537. The zero-order valence-electron chi connectivity index (χ0n) is 9.34. The molecule has 0 aliphatic rings. The third kappa shape index (κ3) is 2.02. The van der Waals surface area contributed by atoms with E-state index in [0.29, 0.717) is 11.5 Å². The highest BCUT2D eigenvalue weighted by atomic mass is 31.2. The largest absolute Gasteiger partial charge is 0.505 e. The van der Waals surface area contributed by atoms with E-state index in [0.717, 1.165) is 0 Å². The lowest BCUT2D eigenvalue weighted by Gasteiger charge is -2.11. The smallest absolute Gasteiger partial charge is 0.380 e. The van der Waals surface area contributed by atoms with Crippen LogP contribution in [0.2, 0.25) is 0 Å². The number of nitrogens with one attached hydrogen (secondary N) is 1. The first-order valence-electron chi connectivity index (χ1n) is 4.78. The first kappa shape index (κ1) is 12.0. The normalized spacial score (nSPS) is 11.9. The second-order valence-corrected chi connectivity index (χ2v) is 5.43. The van der Waals surface area contributed by atoms with Gasteiger partial charge in [-0.05, 0) is 12.1 Å². The summed E-state index contributed by atoms with van der Waals surface area (Å²) < 4.78 is 26.8. The van der Waals surface area contributed by atoms with E-state index in [2.05, 4.69) is 4.98 Å². The summed E-state index contributed by atoms with van der Waals surface area (Å²) in [6, 6.07) is 4.82. The summed E-state index contributed by atoms with van der Waals surface area (Å²) in [5, 5.41) is 9.72. The van der Waals surface area contributed by atoms with Crippen LogP contribution in [0.15, 0.2) is 28.9 Å². The first-order valence-corrected chi connectivity index (χ1v) is 6.33. The highest BCUT2D eigenvalue weighted by molar-refractivity contribution is 7.62. The van der Waals surface area contributed by atoms with E-state index >= 15 is 0 Å². The fourth-order valence-electron chi connectivity index (χ4n) is 1.46. The molecule has 0 spiro atoms. The molecule has 2 aromatic rings. The topological polar surface area (TPSA) is 84.7 Å². The van der Waals surface area contributed by atoms with E-state index in [1.807, 2.05) is 0 Å². The number of hydrogen-bond acceptors (Lipinski definition) is 5. The minimum atomic E-state index is -3.50. The first-order chi connectivity index (χ1) is 8.10. The summed E-state index contributed by atoms with van der Waals surface area (Å²) in [7, 11) is -1.00. The predicted octanol–water partition coefficient (Wildman–Crippen LogP) is 2.09. The number of aromatic amines is 1. The zero-order valence-corrected chi connectivity index (χ0v) is 10.2. The molecule has 0 fully saturated rings. The fourth-order valence-corrected chi connectivity index (χ4v) is 2.58. The molecule has 7 heteroatoms. The van der Waals surface area contributed by atoms with Crippen LogP contribution < -0.4 is 5.44 Å². The van der Waals surface area contributed by atoms with Crippen molar-refractivity contribution in [1.29, 1.82) is 0 Å². The molecule has 0 radical (unpaired) electrons. The van der Waals surface area contributed by atoms with E-state index in [1.54, 1.807) is 12.1 Å². The van der Waals surface area contributed by atoms with E-state index in [1.165, 1.54) is 26.5 Å². The Kier molecular flexibility index (Phi) is 3.11. The molecule has 92 valence electrons. The highest BCUT2D eigenvalue weighted by Crippen LogP contribution is 2.47. The highest BCUT2D eigenvalue weighted by Gasteiger charge is 2.31. The fraction of sp³-hybridized carbons (Fsp3) is 0.200. The SMILES string of the molecule is COP(=O)(OC)c1[nH]c(-c2ccco2)cc1O. The molecule has 0 bridgehead atoms. The van der Waals surface area contributed by atoms with Crippen molar-refractivity contribution in [1.82, 2.24) is 4.98 Å². The maximum Gasteiger partial charge on any atom is 0.380 e. The Morgan fingerprint density at radius 3 is 2.65 bits per heavy atom. The number of aromatic nitrogens is 1. The average molecular weight is 257 g/mol. The van der Waals surface area contributed by atoms with Gasteiger partial charge < -0.3 is 23.6 Å². The number of aromatic hydroxyl groups is 1. The molecule has 0 atom stereocenters. The van der Waals surface area contributed by atoms with E-state index in [4.69, 9.17) is 13.5 Å². The molecule has 0 aliphatic heterocycles. The van der Waals surface area contributed by atoms with Crippen molar-refractivity contribution in [3.8, 4) is 17.2 Å². The van der Waals surface area contributed by atoms with Crippen LogP contribution in [0.1, 0.15) is 0 Å². The minimum absolute atomic E-state index is 0.00824. The third-order valence-electron chi connectivity index (χ3n) is 2.32. The molecular formula is C10H12NO5P. The molecule has 0 saturated heterocycles. The van der Waals surface area contributed by atoms with Gasteiger partial charge in [0, 0.05) is 20.3 Å². The molecule has 0 saturated carbocycles. The Labute approximate surface area is 97.7 Å². The van der Waals surface area contributed by atoms with Crippen LogP contribution in [0.3, 0.4) is 0 Å². The van der Waals surface area contributed by atoms with Gasteiger partial charge in [0.05, 0.1) is 12.0 Å². The molecule has 0 aromatic carbocycles. The lowest BCUT2D eigenvalue weighted by Crippen LogP contribution is -2.09. The van der Waals surface area contributed by atoms with Crippen molar-refractivity contribution < 1.29 is 23.1 Å². The van der Waals surface area contributed by atoms with Gasteiger partial charge in [0.25, 0.3) is 0 Å². The quantitative estimate of drug-likeness (QED) is 0.819. The Morgan fingerprint density at radius 1 is 1.41 bits per heavy atom. The van der Waals surface area contributed by atoms with Crippen LogP contribution in [-0.2, 0) is 13.6 Å². The Balaban J connectivity index is 2.48. The van der Waals surface area contributed by atoms with Crippen molar-refractivity contribution >= 4 is 13.0 Å². The third-order valence-corrected chi connectivity index (χ3v) is 4.17. The summed E-state index contributed by atoms with van der Waals surface area (Å²) in [6.07, 6.45) is 1.50. The zero-order chi connectivity index (χ0) is 12.5. The van der Waals surface area contributed by atoms with Crippen LogP contribution in [0.4, 0.5) is 0 Å². The van der Waals surface area contributed by atoms with Gasteiger partial charge in [-0.2, -0.15) is 0 Å². The maximum atomic E-state index is 12.1. The molecule has 0 aliphatic carbocycles. The van der Waals surface area contributed by atoms with E-state index < -0.39 is 7.60 Å². The molecule has 0 unspecified atom stereocenters. The summed E-state index contributed by atoms with van der Waals surface area (Å²) in [5.74, 6) is 0.328. The van der Waals surface area contributed by atoms with Crippen molar-refractivity contribution in [2.45, 2.75) is 0 Å². The molecule has 2 heterocycles. The lowest BCUT2D eigenvalue weighted by atomic mass is 10.3. The molecule has 2 aromatic heterocycles. The van der Waals surface area contributed by atoms with Crippen molar-refractivity contribution in [3.05, 3.63) is 24.5 Å². The van der Waals surface area contributed by atoms with Crippen molar-refractivity contribution in [3.63, 3.8) is 0 Å². The molecular weight excluding hydrogens is 245 g/mol. The van der Waals surface area contributed by atoms with Crippen LogP contribution in [0.5, 0.6) is 5.75 Å². The summed E-state index contributed by atoms with van der Waals surface area (Å²) in [5.41, 5.74) is 0.505. The Morgan fingerprint density at radius 2 is 2.12 bits per heavy atom. The molecule has 2 rings (SSSR count). The van der Waals surface area contributed by atoms with E-state index in [9.17, 15) is 9.67 Å². The van der Waals surface area contributed by atoms with Gasteiger partial charge in [0.15, 0.2) is 5.44 Å². The van der Waals surface area contributed by atoms with Crippen molar-refractivity contribution in [2.75, 3.05) is 14.2 Å². The summed E-state index contributed by atoms with van der Waals surface area (Å²) in [4.78, 5) is 2.77. The van der Waals surface area contributed by atoms with Gasteiger partial charge in [-0.25, -0.2) is 0 Å². The number of H-pyrrole nitrogens is 1. The molecule has 2 N–H and O–H groups in total.